The molecular formula is C19H26N2O3. The minimum absolute atomic E-state index is 0.00206. The van der Waals surface area contributed by atoms with E-state index < -0.39 is 0 Å². The van der Waals surface area contributed by atoms with Crippen LogP contribution >= 0.6 is 0 Å². The van der Waals surface area contributed by atoms with Crippen molar-refractivity contribution in [2.45, 2.75) is 39.0 Å². The number of hydrogen-bond acceptors (Lipinski definition) is 3. The Hall–Kier alpha value is -2.17. The van der Waals surface area contributed by atoms with Crippen LogP contribution in [-0.2, 0) is 9.59 Å². The Morgan fingerprint density at radius 2 is 1.75 bits per heavy atom. The normalized spacial score (nSPS) is 15.1. The number of likely N-dealkylation sites (tertiary alicyclic amines) is 1. The highest BCUT2D eigenvalue weighted by atomic mass is 16.2. The van der Waals surface area contributed by atoms with Gasteiger partial charge in [-0.1, -0.05) is 37.3 Å². The molecule has 0 aromatic heterocycles. The van der Waals surface area contributed by atoms with Crippen molar-refractivity contribution in [2.24, 2.45) is 5.92 Å². The molecule has 2 amide bonds. The number of nitrogens with zero attached hydrogens (tertiary/aromatic N) is 1. The molecule has 0 aliphatic carbocycles. The van der Waals surface area contributed by atoms with Gasteiger partial charge in [0, 0.05) is 44.0 Å². The average Bonchev–Trinajstić information content (AvgIpc) is 2.64. The molecule has 1 aromatic rings. The summed E-state index contributed by atoms with van der Waals surface area (Å²) in [5.74, 6) is 0.110. The second kappa shape index (κ2) is 9.21. The molecule has 5 nitrogen and oxygen atoms in total. The van der Waals surface area contributed by atoms with E-state index in [1.807, 2.05) is 25.1 Å². The van der Waals surface area contributed by atoms with E-state index in [0.717, 1.165) is 6.42 Å². The molecule has 0 atom stereocenters. The van der Waals surface area contributed by atoms with Crippen LogP contribution in [0.15, 0.2) is 30.3 Å². The molecule has 0 unspecified atom stereocenters. The quantitative estimate of drug-likeness (QED) is 0.781. The first-order valence-corrected chi connectivity index (χ1v) is 8.75. The summed E-state index contributed by atoms with van der Waals surface area (Å²) in [7, 11) is 0. The standard InChI is InChI=1S/C19H26N2O3/c1-2-12-20-19(24)16-10-13-21(14-11-16)18(23)9-8-17(22)15-6-4-3-5-7-15/h3-7,16H,2,8-14H2,1H3,(H,20,24). The molecule has 24 heavy (non-hydrogen) atoms. The van der Waals surface area contributed by atoms with Crippen LogP contribution in [0.3, 0.4) is 0 Å². The number of piperidine rings is 1. The number of hydrogen-bond donors (Lipinski definition) is 1. The summed E-state index contributed by atoms with van der Waals surface area (Å²) < 4.78 is 0. The summed E-state index contributed by atoms with van der Waals surface area (Å²) in [5, 5.41) is 2.92. The van der Waals surface area contributed by atoms with E-state index in [0.29, 0.717) is 38.0 Å². The van der Waals surface area contributed by atoms with E-state index in [1.165, 1.54) is 0 Å². The first-order valence-electron chi connectivity index (χ1n) is 8.75. The van der Waals surface area contributed by atoms with Crippen LogP contribution in [0.5, 0.6) is 0 Å². The van der Waals surface area contributed by atoms with E-state index >= 15 is 0 Å². The minimum atomic E-state index is -0.00206. The van der Waals surface area contributed by atoms with Gasteiger partial charge in [-0.3, -0.25) is 14.4 Å². The average molecular weight is 330 g/mol. The zero-order valence-electron chi connectivity index (χ0n) is 14.3. The Labute approximate surface area is 143 Å². The van der Waals surface area contributed by atoms with Crippen LogP contribution in [0.25, 0.3) is 0 Å². The molecule has 0 bridgehead atoms. The van der Waals surface area contributed by atoms with Crippen LogP contribution in [0.4, 0.5) is 0 Å². The Kier molecular flexibility index (Phi) is 6.97. The Balaban J connectivity index is 1.73. The van der Waals surface area contributed by atoms with E-state index in [1.54, 1.807) is 17.0 Å². The van der Waals surface area contributed by atoms with Gasteiger partial charge < -0.3 is 10.2 Å². The van der Waals surface area contributed by atoms with E-state index in [2.05, 4.69) is 5.32 Å². The molecule has 1 saturated heterocycles. The molecule has 1 aliphatic heterocycles. The molecule has 130 valence electrons. The van der Waals surface area contributed by atoms with Gasteiger partial charge in [-0.25, -0.2) is 0 Å². The van der Waals surface area contributed by atoms with Crippen LogP contribution < -0.4 is 5.32 Å². The number of Topliss-reactive ketones (excluding diaryl/α,β-unsaturated/α-hetero) is 1. The first-order chi connectivity index (χ1) is 11.6. The van der Waals surface area contributed by atoms with Gasteiger partial charge in [0.15, 0.2) is 5.78 Å². The highest BCUT2D eigenvalue weighted by Gasteiger charge is 2.27. The Morgan fingerprint density at radius 3 is 2.38 bits per heavy atom. The van der Waals surface area contributed by atoms with Crippen LogP contribution in [0, 0.1) is 5.92 Å². The SMILES string of the molecule is CCCNC(=O)C1CCN(C(=O)CCC(=O)c2ccccc2)CC1. The van der Waals surface area contributed by atoms with Gasteiger partial charge >= 0.3 is 0 Å². The van der Waals surface area contributed by atoms with Gasteiger partial charge in [-0.2, -0.15) is 0 Å². The Bertz CT molecular complexity index is 563. The summed E-state index contributed by atoms with van der Waals surface area (Å²) in [6, 6.07) is 9.05. The van der Waals surface area contributed by atoms with Crippen molar-refractivity contribution in [3.05, 3.63) is 35.9 Å². The lowest BCUT2D eigenvalue weighted by atomic mass is 9.95. The fourth-order valence-corrected chi connectivity index (χ4v) is 2.93. The molecule has 5 heteroatoms. The topological polar surface area (TPSA) is 66.5 Å². The lowest BCUT2D eigenvalue weighted by Crippen LogP contribution is -2.43. The number of ketones is 1. The van der Waals surface area contributed by atoms with Gasteiger partial charge in [0.2, 0.25) is 11.8 Å². The molecule has 0 saturated carbocycles. The second-order valence-electron chi connectivity index (χ2n) is 6.24. The third kappa shape index (κ3) is 5.18. The summed E-state index contributed by atoms with van der Waals surface area (Å²) >= 11 is 0. The number of nitrogens with one attached hydrogen (secondary N) is 1. The monoisotopic (exact) mass is 330 g/mol. The van der Waals surface area contributed by atoms with Crippen molar-refractivity contribution in [2.75, 3.05) is 19.6 Å². The van der Waals surface area contributed by atoms with Gasteiger partial charge in [0.05, 0.1) is 0 Å². The van der Waals surface area contributed by atoms with Crippen LogP contribution in [0.1, 0.15) is 49.4 Å². The third-order valence-corrected chi connectivity index (χ3v) is 4.43. The highest BCUT2D eigenvalue weighted by molar-refractivity contribution is 5.97. The lowest BCUT2D eigenvalue weighted by molar-refractivity contribution is -0.135. The molecule has 0 radical (unpaired) electrons. The maximum atomic E-state index is 12.3. The van der Waals surface area contributed by atoms with E-state index in [4.69, 9.17) is 0 Å². The predicted octanol–water partition coefficient (Wildman–Crippen LogP) is 2.41. The van der Waals surface area contributed by atoms with Gasteiger partial charge in [0.25, 0.3) is 0 Å². The van der Waals surface area contributed by atoms with Crippen molar-refractivity contribution in [3.8, 4) is 0 Å². The molecule has 2 rings (SSSR count). The fourth-order valence-electron chi connectivity index (χ4n) is 2.93. The molecule has 1 heterocycles. The molecule has 0 spiro atoms. The number of carbonyl (C=O) groups excluding carboxylic acids is 3. The molecule has 1 N–H and O–H groups in total. The van der Waals surface area contributed by atoms with E-state index in [-0.39, 0.29) is 36.4 Å². The minimum Gasteiger partial charge on any atom is -0.356 e. The van der Waals surface area contributed by atoms with Gasteiger partial charge in [0.1, 0.15) is 0 Å². The van der Waals surface area contributed by atoms with Crippen LogP contribution in [0.2, 0.25) is 0 Å². The lowest BCUT2D eigenvalue weighted by Gasteiger charge is -2.31. The smallest absolute Gasteiger partial charge is 0.223 e. The van der Waals surface area contributed by atoms with Crippen LogP contribution in [-0.4, -0.2) is 42.1 Å². The Morgan fingerprint density at radius 1 is 1.08 bits per heavy atom. The number of benzene rings is 1. The first kappa shape index (κ1) is 18.2. The fraction of sp³-hybridized carbons (Fsp3) is 0.526. The number of amides is 2. The summed E-state index contributed by atoms with van der Waals surface area (Å²) in [6.07, 6.45) is 2.81. The van der Waals surface area contributed by atoms with Crippen molar-refractivity contribution in [1.29, 1.82) is 0 Å². The highest BCUT2D eigenvalue weighted by Crippen LogP contribution is 2.18. The zero-order chi connectivity index (χ0) is 17.4. The molecular weight excluding hydrogens is 304 g/mol. The van der Waals surface area contributed by atoms with Crippen molar-refractivity contribution >= 4 is 17.6 Å². The van der Waals surface area contributed by atoms with Crippen molar-refractivity contribution in [1.82, 2.24) is 10.2 Å². The molecule has 1 aliphatic rings. The third-order valence-electron chi connectivity index (χ3n) is 4.43. The van der Waals surface area contributed by atoms with Crippen molar-refractivity contribution < 1.29 is 14.4 Å². The second-order valence-corrected chi connectivity index (χ2v) is 6.24. The van der Waals surface area contributed by atoms with Gasteiger partial charge in [-0.05, 0) is 19.3 Å². The number of carbonyl (C=O) groups is 3. The zero-order valence-corrected chi connectivity index (χ0v) is 14.3. The van der Waals surface area contributed by atoms with Gasteiger partial charge in [-0.15, -0.1) is 0 Å². The van der Waals surface area contributed by atoms with E-state index in [9.17, 15) is 14.4 Å². The predicted molar refractivity (Wildman–Crippen MR) is 92.6 cm³/mol. The van der Waals surface area contributed by atoms with Crippen molar-refractivity contribution in [3.63, 3.8) is 0 Å². The maximum absolute atomic E-state index is 12.3. The molecule has 1 aromatic carbocycles. The summed E-state index contributed by atoms with van der Waals surface area (Å²) in [5.41, 5.74) is 0.650. The summed E-state index contributed by atoms with van der Waals surface area (Å²) in [6.45, 7) is 3.93. The maximum Gasteiger partial charge on any atom is 0.223 e. The molecule has 1 fully saturated rings. The largest absolute Gasteiger partial charge is 0.356 e. The number of rotatable bonds is 7. The summed E-state index contributed by atoms with van der Waals surface area (Å²) in [4.78, 5) is 38.0.